The molecule has 2 rings (SSSR count). The van der Waals surface area contributed by atoms with E-state index < -0.39 is 0 Å². The standard InChI is InChI=1S/C19H28N4O.HI/c1-3-4-5-6-12-21-19(20)22-13-11-17-14-24-18(23-17)16-9-7-15(2)8-10-16;/h7-10,14H,3-6,11-13H2,1-2H3,(H3,20,21,22);1H. The third-order valence-corrected chi connectivity index (χ3v) is 3.83. The summed E-state index contributed by atoms with van der Waals surface area (Å²) in [5.74, 6) is 1.16. The van der Waals surface area contributed by atoms with E-state index in [0.29, 0.717) is 18.4 Å². The molecule has 0 aliphatic rings. The molecular formula is C19H29IN4O. The monoisotopic (exact) mass is 456 g/mol. The van der Waals surface area contributed by atoms with Gasteiger partial charge < -0.3 is 15.5 Å². The van der Waals surface area contributed by atoms with Gasteiger partial charge in [-0.25, -0.2) is 4.98 Å². The van der Waals surface area contributed by atoms with Gasteiger partial charge in [0, 0.05) is 25.1 Å². The lowest BCUT2D eigenvalue weighted by Crippen LogP contribution is -2.33. The van der Waals surface area contributed by atoms with Crippen molar-refractivity contribution >= 4 is 29.9 Å². The molecule has 0 atom stereocenters. The topological polar surface area (TPSA) is 76.4 Å². The highest BCUT2D eigenvalue weighted by Crippen LogP contribution is 2.19. The molecule has 0 fully saturated rings. The van der Waals surface area contributed by atoms with Crippen LogP contribution in [0.25, 0.3) is 11.5 Å². The first-order valence-electron chi connectivity index (χ1n) is 8.74. The number of unbranched alkanes of at least 4 members (excludes halogenated alkanes) is 3. The molecule has 0 aliphatic heterocycles. The molecule has 1 aromatic heterocycles. The van der Waals surface area contributed by atoms with Gasteiger partial charge in [0.15, 0.2) is 5.96 Å². The average Bonchev–Trinajstić information content (AvgIpc) is 3.04. The summed E-state index contributed by atoms with van der Waals surface area (Å²) in [6, 6.07) is 8.15. The van der Waals surface area contributed by atoms with E-state index in [9.17, 15) is 0 Å². The Morgan fingerprint density at radius 3 is 2.68 bits per heavy atom. The molecule has 0 spiro atoms. The van der Waals surface area contributed by atoms with Crippen LogP contribution in [-0.4, -0.2) is 24.0 Å². The van der Waals surface area contributed by atoms with E-state index >= 15 is 0 Å². The number of nitrogens with two attached hydrogens (primary N) is 1. The molecule has 0 saturated carbocycles. The van der Waals surface area contributed by atoms with Crippen LogP contribution in [0.2, 0.25) is 0 Å². The normalized spacial score (nSPS) is 11.2. The van der Waals surface area contributed by atoms with Crippen molar-refractivity contribution in [3.05, 3.63) is 41.8 Å². The second kappa shape index (κ2) is 11.9. The van der Waals surface area contributed by atoms with Crippen LogP contribution in [0.1, 0.15) is 43.9 Å². The second-order valence-corrected chi connectivity index (χ2v) is 6.01. The van der Waals surface area contributed by atoms with Crippen molar-refractivity contribution in [3.63, 3.8) is 0 Å². The molecule has 1 heterocycles. The van der Waals surface area contributed by atoms with E-state index in [1.165, 1.54) is 24.8 Å². The van der Waals surface area contributed by atoms with E-state index in [0.717, 1.165) is 30.6 Å². The Hall–Kier alpha value is -1.57. The third kappa shape index (κ3) is 7.90. The zero-order valence-corrected chi connectivity index (χ0v) is 17.5. The van der Waals surface area contributed by atoms with Crippen LogP contribution in [0.3, 0.4) is 0 Å². The van der Waals surface area contributed by atoms with Crippen molar-refractivity contribution < 1.29 is 4.42 Å². The number of rotatable bonds is 9. The molecule has 0 bridgehead atoms. The second-order valence-electron chi connectivity index (χ2n) is 6.01. The summed E-state index contributed by atoms with van der Waals surface area (Å²) in [7, 11) is 0. The van der Waals surface area contributed by atoms with E-state index in [2.05, 4.69) is 41.3 Å². The molecule has 1 aromatic carbocycles. The molecule has 0 aliphatic carbocycles. The molecule has 5 nitrogen and oxygen atoms in total. The zero-order valence-electron chi connectivity index (χ0n) is 15.1. The highest BCUT2D eigenvalue weighted by atomic mass is 127. The van der Waals surface area contributed by atoms with Crippen LogP contribution in [0.5, 0.6) is 0 Å². The lowest BCUT2D eigenvalue weighted by Gasteiger charge is -2.04. The van der Waals surface area contributed by atoms with E-state index in [1.807, 2.05) is 12.1 Å². The van der Waals surface area contributed by atoms with Crippen LogP contribution < -0.4 is 11.1 Å². The third-order valence-electron chi connectivity index (χ3n) is 3.83. The summed E-state index contributed by atoms with van der Waals surface area (Å²) in [5.41, 5.74) is 8.98. The molecule has 3 N–H and O–H groups in total. The molecule has 0 saturated heterocycles. The van der Waals surface area contributed by atoms with Crippen molar-refractivity contribution in [2.75, 3.05) is 13.1 Å². The van der Waals surface area contributed by atoms with Gasteiger partial charge in [-0.15, -0.1) is 24.0 Å². The number of oxazole rings is 1. The minimum absolute atomic E-state index is 0. The Balaban J connectivity index is 0.00000312. The fourth-order valence-electron chi connectivity index (χ4n) is 2.36. The summed E-state index contributed by atoms with van der Waals surface area (Å²) in [5, 5.41) is 3.12. The van der Waals surface area contributed by atoms with Crippen molar-refractivity contribution in [1.29, 1.82) is 0 Å². The van der Waals surface area contributed by atoms with Gasteiger partial charge in [-0.3, -0.25) is 4.99 Å². The highest BCUT2D eigenvalue weighted by molar-refractivity contribution is 14.0. The number of nitrogens with zero attached hydrogens (tertiary/aromatic N) is 2. The van der Waals surface area contributed by atoms with Crippen molar-refractivity contribution in [3.8, 4) is 11.5 Å². The fraction of sp³-hybridized carbons (Fsp3) is 0.474. The summed E-state index contributed by atoms with van der Waals surface area (Å²) >= 11 is 0. The molecule has 0 radical (unpaired) electrons. The van der Waals surface area contributed by atoms with Crippen molar-refractivity contribution in [2.24, 2.45) is 10.7 Å². The number of aromatic nitrogens is 1. The number of hydrogen-bond donors (Lipinski definition) is 2. The van der Waals surface area contributed by atoms with E-state index in [-0.39, 0.29) is 24.0 Å². The number of benzene rings is 1. The minimum atomic E-state index is 0. The van der Waals surface area contributed by atoms with Gasteiger partial charge in [-0.2, -0.15) is 0 Å². The van der Waals surface area contributed by atoms with Crippen LogP contribution >= 0.6 is 24.0 Å². The van der Waals surface area contributed by atoms with Crippen molar-refractivity contribution in [2.45, 2.75) is 46.0 Å². The van der Waals surface area contributed by atoms with Crippen molar-refractivity contribution in [1.82, 2.24) is 10.3 Å². The fourth-order valence-corrected chi connectivity index (χ4v) is 2.36. The Labute approximate surface area is 167 Å². The average molecular weight is 456 g/mol. The highest BCUT2D eigenvalue weighted by Gasteiger charge is 2.06. The largest absolute Gasteiger partial charge is 0.444 e. The first kappa shape index (κ1) is 21.5. The number of aryl methyl sites for hydroxylation is 1. The summed E-state index contributed by atoms with van der Waals surface area (Å²) in [6.45, 7) is 5.75. The van der Waals surface area contributed by atoms with E-state index in [4.69, 9.17) is 10.2 Å². The van der Waals surface area contributed by atoms with Crippen LogP contribution in [-0.2, 0) is 6.42 Å². The summed E-state index contributed by atoms with van der Waals surface area (Å²) < 4.78 is 5.55. The molecule has 2 aromatic rings. The number of hydrogen-bond acceptors (Lipinski definition) is 3. The molecular weight excluding hydrogens is 427 g/mol. The Bertz CT molecular complexity index is 637. The van der Waals surface area contributed by atoms with Gasteiger partial charge in [0.1, 0.15) is 6.26 Å². The van der Waals surface area contributed by atoms with Gasteiger partial charge in [-0.05, 0) is 25.5 Å². The maximum absolute atomic E-state index is 5.86. The number of nitrogens with one attached hydrogen (secondary N) is 1. The number of aliphatic imine (C=N–C) groups is 1. The number of halogens is 1. The maximum Gasteiger partial charge on any atom is 0.226 e. The van der Waals surface area contributed by atoms with Crippen LogP contribution in [0, 0.1) is 6.92 Å². The zero-order chi connectivity index (χ0) is 17.2. The maximum atomic E-state index is 5.86. The Morgan fingerprint density at radius 2 is 1.96 bits per heavy atom. The van der Waals surface area contributed by atoms with Crippen LogP contribution in [0.15, 0.2) is 39.9 Å². The molecule has 0 amide bonds. The summed E-state index contributed by atoms with van der Waals surface area (Å²) in [4.78, 5) is 8.84. The van der Waals surface area contributed by atoms with Gasteiger partial charge in [0.2, 0.25) is 5.89 Å². The predicted molar refractivity (Wildman–Crippen MR) is 114 cm³/mol. The lowest BCUT2D eigenvalue weighted by molar-refractivity contribution is 0.572. The first-order chi connectivity index (χ1) is 11.7. The first-order valence-corrected chi connectivity index (χ1v) is 8.74. The van der Waals surface area contributed by atoms with Crippen LogP contribution in [0.4, 0.5) is 0 Å². The number of guanidine groups is 1. The molecule has 25 heavy (non-hydrogen) atoms. The molecule has 0 unspecified atom stereocenters. The SMILES string of the molecule is CCCCCCN=C(N)NCCc1coc(-c2ccc(C)cc2)n1.I. The summed E-state index contributed by atoms with van der Waals surface area (Å²) in [6.07, 6.45) is 7.27. The minimum Gasteiger partial charge on any atom is -0.444 e. The van der Waals surface area contributed by atoms with E-state index in [1.54, 1.807) is 6.26 Å². The van der Waals surface area contributed by atoms with Gasteiger partial charge in [-0.1, -0.05) is 43.9 Å². The Kier molecular flexibility index (Phi) is 10.2. The smallest absolute Gasteiger partial charge is 0.226 e. The van der Waals surface area contributed by atoms with Gasteiger partial charge in [0.25, 0.3) is 0 Å². The predicted octanol–water partition coefficient (Wildman–Crippen LogP) is 4.30. The molecule has 6 heteroatoms. The molecule has 138 valence electrons. The lowest BCUT2D eigenvalue weighted by atomic mass is 10.1. The van der Waals surface area contributed by atoms with Gasteiger partial charge in [0.05, 0.1) is 5.69 Å². The Morgan fingerprint density at radius 1 is 1.20 bits per heavy atom. The van der Waals surface area contributed by atoms with Gasteiger partial charge >= 0.3 is 0 Å². The quantitative estimate of drug-likeness (QED) is 0.255.